The fourth-order valence-electron chi connectivity index (χ4n) is 1.30. The first-order chi connectivity index (χ1) is 8.77. The second kappa shape index (κ2) is 5.64. The van der Waals surface area contributed by atoms with Gasteiger partial charge < -0.3 is 16.3 Å². The van der Waals surface area contributed by atoms with Crippen LogP contribution in [0.2, 0.25) is 0 Å². The first-order valence-corrected chi connectivity index (χ1v) is 5.49. The van der Waals surface area contributed by atoms with Crippen molar-refractivity contribution >= 4 is 11.7 Å². The summed E-state index contributed by atoms with van der Waals surface area (Å²) < 4.78 is 26.1. The number of amidine groups is 1. The highest BCUT2D eigenvalue weighted by Gasteiger charge is 2.25. The second-order valence-corrected chi connectivity index (χ2v) is 4.68. The Labute approximate surface area is 109 Å². The van der Waals surface area contributed by atoms with E-state index in [9.17, 15) is 13.6 Å². The van der Waals surface area contributed by atoms with Crippen molar-refractivity contribution < 1.29 is 18.8 Å². The predicted molar refractivity (Wildman–Crippen MR) is 65.9 cm³/mol. The average Bonchev–Trinajstić information content (AvgIpc) is 2.35. The molecule has 0 unspecified atom stereocenters. The Kier molecular flexibility index (Phi) is 4.42. The molecule has 0 saturated heterocycles. The third kappa shape index (κ3) is 3.64. The van der Waals surface area contributed by atoms with Crippen LogP contribution in [0.4, 0.5) is 8.78 Å². The van der Waals surface area contributed by atoms with Crippen LogP contribution < -0.4 is 11.1 Å². The molecule has 0 aliphatic carbocycles. The van der Waals surface area contributed by atoms with Gasteiger partial charge in [-0.2, -0.15) is 0 Å². The van der Waals surface area contributed by atoms with Crippen LogP contribution in [0.1, 0.15) is 24.2 Å². The third-order valence-electron chi connectivity index (χ3n) is 2.67. The molecule has 1 amide bonds. The van der Waals surface area contributed by atoms with E-state index in [1.54, 1.807) is 13.8 Å². The van der Waals surface area contributed by atoms with Crippen LogP contribution in [0.5, 0.6) is 0 Å². The highest BCUT2D eigenvalue weighted by atomic mass is 19.1. The van der Waals surface area contributed by atoms with Gasteiger partial charge in [-0.1, -0.05) is 19.0 Å². The number of carbonyl (C=O) groups excluding carboxylic acids is 1. The lowest BCUT2D eigenvalue weighted by Crippen LogP contribution is -2.42. The number of nitrogens with two attached hydrogens (primary N) is 1. The van der Waals surface area contributed by atoms with E-state index in [-0.39, 0.29) is 17.9 Å². The smallest absolute Gasteiger partial charge is 0.254 e. The van der Waals surface area contributed by atoms with E-state index in [1.165, 1.54) is 0 Å². The fourth-order valence-corrected chi connectivity index (χ4v) is 1.30. The molecule has 0 radical (unpaired) electrons. The first-order valence-electron chi connectivity index (χ1n) is 5.49. The zero-order valence-electron chi connectivity index (χ0n) is 10.6. The third-order valence-corrected chi connectivity index (χ3v) is 2.67. The fraction of sp³-hybridized carbons (Fsp3) is 0.333. The van der Waals surface area contributed by atoms with E-state index < -0.39 is 23.0 Å². The standard InChI is InChI=1S/C12H15F2N3O2/c1-12(2,11(15)17-19)6-16-10(18)8-4-3-7(13)5-9(8)14/h3-5,19H,6H2,1-2H3,(H2,15,17)(H,16,18). The Morgan fingerprint density at radius 3 is 2.63 bits per heavy atom. The van der Waals surface area contributed by atoms with Gasteiger partial charge in [-0.05, 0) is 12.1 Å². The summed E-state index contributed by atoms with van der Waals surface area (Å²) in [6.45, 7) is 3.32. The van der Waals surface area contributed by atoms with Crippen LogP contribution in [-0.2, 0) is 0 Å². The SMILES string of the molecule is CC(C)(CNC(=O)c1ccc(F)cc1F)/C(N)=N/O. The highest BCUT2D eigenvalue weighted by molar-refractivity contribution is 5.95. The summed E-state index contributed by atoms with van der Waals surface area (Å²) in [6, 6.07) is 2.67. The van der Waals surface area contributed by atoms with E-state index in [4.69, 9.17) is 10.9 Å². The Morgan fingerprint density at radius 1 is 1.47 bits per heavy atom. The summed E-state index contributed by atoms with van der Waals surface area (Å²) in [6.07, 6.45) is 0. The van der Waals surface area contributed by atoms with Gasteiger partial charge >= 0.3 is 0 Å². The normalized spacial score (nSPS) is 12.3. The Morgan fingerprint density at radius 2 is 2.11 bits per heavy atom. The Hall–Kier alpha value is -2.18. The van der Waals surface area contributed by atoms with E-state index in [0.717, 1.165) is 12.1 Å². The monoisotopic (exact) mass is 271 g/mol. The summed E-state index contributed by atoms with van der Waals surface area (Å²) in [7, 11) is 0. The van der Waals surface area contributed by atoms with Crippen molar-refractivity contribution in [1.82, 2.24) is 5.32 Å². The lowest BCUT2D eigenvalue weighted by Gasteiger charge is -2.23. The molecule has 7 heteroatoms. The van der Waals surface area contributed by atoms with Crippen LogP contribution >= 0.6 is 0 Å². The molecule has 19 heavy (non-hydrogen) atoms. The molecule has 5 nitrogen and oxygen atoms in total. The van der Waals surface area contributed by atoms with Crippen LogP contribution in [0.25, 0.3) is 0 Å². The minimum atomic E-state index is -0.945. The van der Waals surface area contributed by atoms with Gasteiger partial charge in [0.2, 0.25) is 0 Å². The van der Waals surface area contributed by atoms with Gasteiger partial charge in [0, 0.05) is 18.0 Å². The van der Waals surface area contributed by atoms with E-state index in [2.05, 4.69) is 10.5 Å². The molecule has 1 aromatic rings. The summed E-state index contributed by atoms with van der Waals surface area (Å²) in [4.78, 5) is 11.7. The maximum atomic E-state index is 13.4. The number of halogens is 2. The number of rotatable bonds is 4. The van der Waals surface area contributed by atoms with Gasteiger partial charge in [-0.15, -0.1) is 0 Å². The molecule has 0 atom stereocenters. The van der Waals surface area contributed by atoms with Crippen molar-refractivity contribution in [1.29, 1.82) is 0 Å². The summed E-state index contributed by atoms with van der Waals surface area (Å²) in [5, 5.41) is 13.9. The van der Waals surface area contributed by atoms with Crippen molar-refractivity contribution in [3.05, 3.63) is 35.4 Å². The molecule has 0 heterocycles. The maximum Gasteiger partial charge on any atom is 0.254 e. The molecule has 0 bridgehead atoms. The van der Waals surface area contributed by atoms with Crippen LogP contribution in [0.15, 0.2) is 23.4 Å². The number of hydrogen-bond donors (Lipinski definition) is 3. The number of hydrogen-bond acceptors (Lipinski definition) is 3. The zero-order chi connectivity index (χ0) is 14.6. The molecule has 0 aromatic heterocycles. The summed E-state index contributed by atoms with van der Waals surface area (Å²) in [5.41, 5.74) is 4.39. The van der Waals surface area contributed by atoms with E-state index in [0.29, 0.717) is 6.07 Å². The minimum absolute atomic E-state index is 0.0402. The molecule has 0 saturated carbocycles. The lowest BCUT2D eigenvalue weighted by atomic mass is 9.92. The molecule has 0 fully saturated rings. The Balaban J connectivity index is 2.76. The number of benzene rings is 1. The Bertz CT molecular complexity index is 516. The van der Waals surface area contributed by atoms with Crippen LogP contribution in [0, 0.1) is 17.0 Å². The predicted octanol–water partition coefficient (Wildman–Crippen LogP) is 1.47. The van der Waals surface area contributed by atoms with Crippen molar-refractivity contribution in [3.63, 3.8) is 0 Å². The lowest BCUT2D eigenvalue weighted by molar-refractivity contribution is 0.0940. The summed E-state index contributed by atoms with van der Waals surface area (Å²) >= 11 is 0. The molecule has 1 aromatic carbocycles. The van der Waals surface area contributed by atoms with Gasteiger partial charge in [-0.25, -0.2) is 8.78 Å². The van der Waals surface area contributed by atoms with Crippen molar-refractivity contribution in [2.24, 2.45) is 16.3 Å². The first kappa shape index (κ1) is 14.9. The molecule has 0 spiro atoms. The van der Waals surface area contributed by atoms with Crippen LogP contribution in [-0.4, -0.2) is 23.5 Å². The molecule has 4 N–H and O–H groups in total. The van der Waals surface area contributed by atoms with Crippen molar-refractivity contribution in [2.75, 3.05) is 6.54 Å². The van der Waals surface area contributed by atoms with Crippen molar-refractivity contribution in [3.8, 4) is 0 Å². The molecule has 1 rings (SSSR count). The quantitative estimate of drug-likeness (QED) is 0.335. The van der Waals surface area contributed by atoms with Gasteiger partial charge in [0.25, 0.3) is 5.91 Å². The number of nitrogens with zero attached hydrogens (tertiary/aromatic N) is 1. The number of nitrogens with one attached hydrogen (secondary N) is 1. The largest absolute Gasteiger partial charge is 0.409 e. The molecule has 0 aliphatic rings. The zero-order valence-corrected chi connectivity index (χ0v) is 10.6. The molecular formula is C12H15F2N3O2. The van der Waals surface area contributed by atoms with E-state index in [1.807, 2.05) is 0 Å². The molecule has 104 valence electrons. The molecular weight excluding hydrogens is 256 g/mol. The maximum absolute atomic E-state index is 13.4. The minimum Gasteiger partial charge on any atom is -0.409 e. The van der Waals surface area contributed by atoms with Gasteiger partial charge in [0.05, 0.1) is 5.56 Å². The summed E-state index contributed by atoms with van der Waals surface area (Å²) in [5.74, 6) is -2.46. The number of carbonyl (C=O) groups is 1. The van der Waals surface area contributed by atoms with Gasteiger partial charge in [-0.3, -0.25) is 4.79 Å². The highest BCUT2D eigenvalue weighted by Crippen LogP contribution is 2.14. The van der Waals surface area contributed by atoms with Crippen LogP contribution in [0.3, 0.4) is 0 Å². The number of amides is 1. The molecule has 0 aliphatic heterocycles. The van der Waals surface area contributed by atoms with E-state index >= 15 is 0 Å². The van der Waals surface area contributed by atoms with Gasteiger partial charge in [0.15, 0.2) is 0 Å². The van der Waals surface area contributed by atoms with Crippen molar-refractivity contribution in [2.45, 2.75) is 13.8 Å². The topological polar surface area (TPSA) is 87.7 Å². The van der Waals surface area contributed by atoms with Gasteiger partial charge in [0.1, 0.15) is 17.5 Å². The average molecular weight is 271 g/mol. The number of oxime groups is 1. The second-order valence-electron chi connectivity index (χ2n) is 4.68.